The highest BCUT2D eigenvalue weighted by Crippen LogP contribution is 2.21. The molecule has 15 N–H and O–H groups in total. The summed E-state index contributed by atoms with van der Waals surface area (Å²) in [5.74, 6) is -4.80. The van der Waals surface area contributed by atoms with Gasteiger partial charge in [-0.15, -0.1) is 0 Å². The van der Waals surface area contributed by atoms with Crippen molar-refractivity contribution >= 4 is 47.4 Å². The maximum Gasteiger partial charge on any atom is 0.326 e. The smallest absolute Gasteiger partial charge is 0.326 e. The van der Waals surface area contributed by atoms with E-state index in [0.717, 1.165) is 0 Å². The molecule has 2 rings (SSSR count). The fraction of sp³-hybridized carbons (Fsp3) is 0.641. The van der Waals surface area contributed by atoms with E-state index < -0.39 is 77.7 Å². The molecular formula is C39H66N12O8. The molecule has 7 atom stereocenters. The van der Waals surface area contributed by atoms with Crippen LogP contribution in [0.4, 0.5) is 0 Å². The number of amides is 5. The Morgan fingerprint density at radius 1 is 0.797 bits per heavy atom. The maximum atomic E-state index is 14.2. The lowest BCUT2D eigenvalue weighted by atomic mass is 9.96. The number of aromatic hydroxyl groups is 1. The highest BCUT2D eigenvalue weighted by molar-refractivity contribution is 5.97. The summed E-state index contributed by atoms with van der Waals surface area (Å²) in [6, 6.07) is -0.250. The van der Waals surface area contributed by atoms with Crippen LogP contribution in [-0.4, -0.2) is 125 Å². The molecule has 1 aliphatic rings. The number of carboxylic acids is 1. The number of benzene rings is 1. The van der Waals surface area contributed by atoms with E-state index in [1.807, 2.05) is 20.8 Å². The molecule has 1 fully saturated rings. The molecule has 0 saturated carbocycles. The highest BCUT2D eigenvalue weighted by Gasteiger charge is 2.40. The second-order valence-electron chi connectivity index (χ2n) is 15.3. The van der Waals surface area contributed by atoms with Crippen LogP contribution in [0.3, 0.4) is 0 Å². The van der Waals surface area contributed by atoms with Crippen LogP contribution in [0.15, 0.2) is 34.3 Å². The summed E-state index contributed by atoms with van der Waals surface area (Å²) in [6.45, 7) is 7.94. The van der Waals surface area contributed by atoms with Crippen LogP contribution in [0.2, 0.25) is 0 Å². The second kappa shape index (κ2) is 25.0. The first kappa shape index (κ1) is 49.5. The number of nitrogens with zero attached hydrogens (tertiary/aromatic N) is 3. The van der Waals surface area contributed by atoms with Gasteiger partial charge in [0.05, 0.1) is 6.04 Å². The molecule has 59 heavy (non-hydrogen) atoms. The van der Waals surface area contributed by atoms with E-state index in [1.165, 1.54) is 17.0 Å². The third kappa shape index (κ3) is 17.0. The van der Waals surface area contributed by atoms with Crippen LogP contribution in [0.25, 0.3) is 0 Å². The summed E-state index contributed by atoms with van der Waals surface area (Å²) in [7, 11) is 1.61. The molecule has 5 amide bonds. The molecule has 1 aliphatic heterocycles. The predicted octanol–water partition coefficient (Wildman–Crippen LogP) is -1.26. The number of carbonyl (C=O) groups is 6. The van der Waals surface area contributed by atoms with Gasteiger partial charge in [-0.2, -0.15) is 0 Å². The molecule has 1 aromatic carbocycles. The summed E-state index contributed by atoms with van der Waals surface area (Å²) in [6.07, 6.45) is 2.67. The number of likely N-dealkylation sites (tertiary alicyclic amines) is 1. The van der Waals surface area contributed by atoms with Gasteiger partial charge in [0.15, 0.2) is 11.9 Å². The normalized spacial score (nSPS) is 16.7. The van der Waals surface area contributed by atoms with Gasteiger partial charge in [-0.1, -0.05) is 46.2 Å². The van der Waals surface area contributed by atoms with E-state index in [0.29, 0.717) is 44.2 Å². The molecule has 1 saturated heterocycles. The van der Waals surface area contributed by atoms with E-state index in [1.54, 1.807) is 26.1 Å². The Hall–Kier alpha value is -5.66. The summed E-state index contributed by atoms with van der Waals surface area (Å²) in [5.41, 5.74) is 22.4. The lowest BCUT2D eigenvalue weighted by molar-refractivity contribution is -0.143. The fourth-order valence-corrected chi connectivity index (χ4v) is 6.70. The Kier molecular flexibility index (Phi) is 20.9. The molecule has 20 heteroatoms. The number of likely N-dealkylation sites (N-methyl/N-ethyl adjacent to an activating group) is 1. The number of carbonyl (C=O) groups excluding carboxylic acids is 5. The molecule has 0 bridgehead atoms. The third-order valence-electron chi connectivity index (χ3n) is 10.1. The Bertz CT molecular complexity index is 1610. The third-order valence-corrected chi connectivity index (χ3v) is 10.1. The van der Waals surface area contributed by atoms with Crippen LogP contribution in [0, 0.1) is 11.8 Å². The van der Waals surface area contributed by atoms with Crippen molar-refractivity contribution in [3.63, 3.8) is 0 Å². The lowest BCUT2D eigenvalue weighted by Crippen LogP contribution is -2.60. The number of carboxylic acid groups (broad SMARTS) is 1. The summed E-state index contributed by atoms with van der Waals surface area (Å²) in [4.78, 5) is 90.8. The largest absolute Gasteiger partial charge is 0.508 e. The number of hydrogen-bond donors (Lipinski definition) is 11. The number of hydrogen-bond acceptors (Lipinski definition) is 10. The first-order chi connectivity index (χ1) is 27.9. The van der Waals surface area contributed by atoms with Crippen LogP contribution < -0.4 is 49.5 Å². The average Bonchev–Trinajstić information content (AvgIpc) is 3.67. The minimum Gasteiger partial charge on any atom is -0.508 e. The molecule has 0 radical (unpaired) electrons. The van der Waals surface area contributed by atoms with Crippen molar-refractivity contribution in [2.75, 3.05) is 26.7 Å². The first-order valence-electron chi connectivity index (χ1n) is 20.2. The number of aliphatic carboxylic acids is 1. The molecule has 330 valence electrons. The van der Waals surface area contributed by atoms with Crippen LogP contribution in [-0.2, 0) is 35.2 Å². The van der Waals surface area contributed by atoms with Gasteiger partial charge in [0.2, 0.25) is 29.5 Å². The zero-order chi connectivity index (χ0) is 44.2. The quantitative estimate of drug-likeness (QED) is 0.0312. The van der Waals surface area contributed by atoms with Crippen molar-refractivity contribution in [2.24, 2.45) is 44.8 Å². The molecular weight excluding hydrogens is 765 g/mol. The fourth-order valence-electron chi connectivity index (χ4n) is 6.70. The molecule has 0 spiro atoms. The SMILES string of the molecule is CC[C@H](C)[C@H](NC(=O)[C@H](Cc1ccc(O)cc1)NC(=O)[C@@H]1CCCN1C(=O)[C@H](CCCN=C(N)N)NC(=O)[C@H](CCCN=C(N)N)NC)C(=O)N[C@@H](CC(C)C)C(=O)O. The second-order valence-corrected chi connectivity index (χ2v) is 15.3. The minimum absolute atomic E-state index is 0.00582. The number of phenolic OH excluding ortho intramolecular Hbond substituents is 1. The topological polar surface area (TPSA) is 335 Å². The van der Waals surface area contributed by atoms with Gasteiger partial charge < -0.3 is 64.6 Å². The average molecular weight is 831 g/mol. The van der Waals surface area contributed by atoms with Crippen molar-refractivity contribution in [1.82, 2.24) is 31.5 Å². The van der Waals surface area contributed by atoms with E-state index in [9.17, 15) is 39.0 Å². The molecule has 1 heterocycles. The van der Waals surface area contributed by atoms with Crippen LogP contribution >= 0.6 is 0 Å². The van der Waals surface area contributed by atoms with E-state index in [-0.39, 0.29) is 62.4 Å². The number of nitrogens with one attached hydrogen (secondary N) is 5. The summed E-state index contributed by atoms with van der Waals surface area (Å²) >= 11 is 0. The van der Waals surface area contributed by atoms with Crippen molar-refractivity contribution in [1.29, 1.82) is 0 Å². The summed E-state index contributed by atoms with van der Waals surface area (Å²) in [5, 5.41) is 33.5. The number of guanidine groups is 2. The Labute approximate surface area is 346 Å². The monoisotopic (exact) mass is 831 g/mol. The van der Waals surface area contributed by atoms with Crippen molar-refractivity contribution in [2.45, 2.75) is 122 Å². The zero-order valence-corrected chi connectivity index (χ0v) is 34.9. The zero-order valence-electron chi connectivity index (χ0n) is 34.9. The van der Waals surface area contributed by atoms with Gasteiger partial charge >= 0.3 is 5.97 Å². The van der Waals surface area contributed by atoms with Gasteiger partial charge in [-0.25, -0.2) is 4.79 Å². The Morgan fingerprint density at radius 2 is 1.36 bits per heavy atom. The molecule has 0 aromatic heterocycles. The molecule has 0 aliphatic carbocycles. The predicted molar refractivity (Wildman–Crippen MR) is 223 cm³/mol. The van der Waals surface area contributed by atoms with Gasteiger partial charge in [-0.3, -0.25) is 34.0 Å². The summed E-state index contributed by atoms with van der Waals surface area (Å²) < 4.78 is 0. The van der Waals surface area contributed by atoms with Gasteiger partial charge in [-0.05, 0) is 81.5 Å². The molecule has 0 unspecified atom stereocenters. The van der Waals surface area contributed by atoms with E-state index >= 15 is 0 Å². The van der Waals surface area contributed by atoms with E-state index in [2.05, 4.69) is 36.6 Å². The van der Waals surface area contributed by atoms with Crippen LogP contribution in [0.5, 0.6) is 5.75 Å². The molecule has 1 aromatic rings. The molecule has 20 nitrogen and oxygen atoms in total. The van der Waals surface area contributed by atoms with Crippen LogP contribution in [0.1, 0.15) is 84.6 Å². The van der Waals surface area contributed by atoms with Crippen molar-refractivity contribution < 1.29 is 39.0 Å². The first-order valence-corrected chi connectivity index (χ1v) is 20.2. The number of aliphatic imine (C=N–C) groups is 2. The maximum absolute atomic E-state index is 14.2. The van der Waals surface area contributed by atoms with Gasteiger partial charge in [0, 0.05) is 26.1 Å². The van der Waals surface area contributed by atoms with Gasteiger partial charge in [0.25, 0.3) is 0 Å². The Morgan fingerprint density at radius 3 is 1.88 bits per heavy atom. The number of rotatable bonds is 25. The minimum atomic E-state index is -1.25. The van der Waals surface area contributed by atoms with Gasteiger partial charge in [0.1, 0.15) is 36.0 Å². The lowest BCUT2D eigenvalue weighted by Gasteiger charge is -2.31. The standard InChI is InChI=1S/C39H66N12O8/c1-6-23(4)31(35(56)49-29(37(58)59)20-22(2)3)50-33(54)28(21-24-13-15-25(52)16-14-24)48-34(55)30-12-9-19-51(30)36(57)27(11-8-18-46-39(42)43)47-32(53)26(44-5)10-7-17-45-38(40)41/h13-16,22-23,26-31,44,52H,6-12,17-21H2,1-5H3,(H,47,53)(H,48,55)(H,49,56)(H,50,54)(H,58,59)(H4,40,41,45)(H4,42,43,46)/t23-,26-,27-,28-,29-,30-,31-/m0/s1. The van der Waals surface area contributed by atoms with Crippen molar-refractivity contribution in [3.8, 4) is 5.75 Å². The van der Waals surface area contributed by atoms with E-state index in [4.69, 9.17) is 22.9 Å². The number of phenols is 1. The highest BCUT2D eigenvalue weighted by atomic mass is 16.4. The van der Waals surface area contributed by atoms with Crippen molar-refractivity contribution in [3.05, 3.63) is 29.8 Å². The number of nitrogens with two attached hydrogens (primary N) is 4. The Balaban J connectivity index is 2.38.